The Bertz CT molecular complexity index is 1480. The summed E-state index contributed by atoms with van der Waals surface area (Å²) < 4.78 is 25.6. The third-order valence-electron chi connectivity index (χ3n) is 6.06. The van der Waals surface area contributed by atoms with E-state index >= 15 is 0 Å². The maximum atomic E-state index is 14.4. The average molecular weight is 457 g/mol. The van der Waals surface area contributed by atoms with Crippen LogP contribution in [0.1, 0.15) is 22.0 Å². The quantitative estimate of drug-likeness (QED) is 0.397. The van der Waals surface area contributed by atoms with Crippen LogP contribution in [0.5, 0.6) is 11.6 Å². The molecule has 8 nitrogen and oxygen atoms in total. The topological polar surface area (TPSA) is 101 Å². The van der Waals surface area contributed by atoms with Crippen molar-refractivity contribution in [2.45, 2.75) is 5.92 Å². The molecule has 34 heavy (non-hydrogen) atoms. The van der Waals surface area contributed by atoms with Gasteiger partial charge in [0.2, 0.25) is 5.88 Å². The van der Waals surface area contributed by atoms with Gasteiger partial charge in [-0.1, -0.05) is 18.2 Å². The highest BCUT2D eigenvalue weighted by Crippen LogP contribution is 2.43. The SMILES string of the molecule is COc1c(F)cccc1Nc1c2[nH]c3c1C(=O)NCC3/C=C/COc1ccc3nccc-2c3n1. The fourth-order valence-electron chi connectivity index (χ4n) is 4.51. The molecule has 0 fully saturated rings. The maximum Gasteiger partial charge on any atom is 0.255 e. The van der Waals surface area contributed by atoms with Crippen molar-refractivity contribution in [2.75, 3.05) is 25.6 Å². The predicted molar refractivity (Wildman–Crippen MR) is 125 cm³/mol. The van der Waals surface area contributed by atoms with E-state index in [4.69, 9.17) is 9.47 Å². The minimum Gasteiger partial charge on any atom is -0.492 e. The predicted octanol–water partition coefficient (Wildman–Crippen LogP) is 4.29. The van der Waals surface area contributed by atoms with Gasteiger partial charge in [0.15, 0.2) is 11.6 Å². The fourth-order valence-corrected chi connectivity index (χ4v) is 4.51. The summed E-state index contributed by atoms with van der Waals surface area (Å²) in [7, 11) is 1.40. The lowest BCUT2D eigenvalue weighted by Crippen LogP contribution is -2.34. The number of H-pyrrole nitrogens is 1. The first kappa shape index (κ1) is 20.2. The number of ether oxygens (including phenoxy) is 2. The van der Waals surface area contributed by atoms with Gasteiger partial charge in [0, 0.05) is 36.0 Å². The van der Waals surface area contributed by atoms with Crippen LogP contribution in [0.4, 0.5) is 15.8 Å². The zero-order valence-corrected chi connectivity index (χ0v) is 18.2. The molecule has 1 atom stereocenters. The fraction of sp³-hybridized carbons (Fsp3) is 0.160. The molecule has 2 aliphatic rings. The lowest BCUT2D eigenvalue weighted by Gasteiger charge is -2.21. The third-order valence-corrected chi connectivity index (χ3v) is 6.06. The Balaban J connectivity index is 1.66. The molecule has 2 aliphatic heterocycles. The summed E-state index contributed by atoms with van der Waals surface area (Å²) in [6.07, 6.45) is 5.60. The minimum absolute atomic E-state index is 0.0578. The number of methoxy groups -OCH3 is 1. The largest absolute Gasteiger partial charge is 0.492 e. The second-order valence-electron chi connectivity index (χ2n) is 8.04. The van der Waals surface area contributed by atoms with Gasteiger partial charge in [-0.05, 0) is 24.3 Å². The van der Waals surface area contributed by atoms with E-state index in [0.29, 0.717) is 52.7 Å². The van der Waals surface area contributed by atoms with Gasteiger partial charge in [0.05, 0.1) is 35.3 Å². The molecule has 9 heteroatoms. The number of nitrogens with one attached hydrogen (secondary N) is 3. The lowest BCUT2D eigenvalue weighted by molar-refractivity contribution is 0.0944. The maximum absolute atomic E-state index is 14.4. The number of aromatic amines is 1. The van der Waals surface area contributed by atoms with Crippen LogP contribution in [-0.2, 0) is 0 Å². The van der Waals surface area contributed by atoms with Gasteiger partial charge in [-0.2, -0.15) is 0 Å². The van der Waals surface area contributed by atoms with E-state index in [-0.39, 0.29) is 17.6 Å². The molecule has 1 aromatic carbocycles. The first-order valence-electron chi connectivity index (χ1n) is 10.8. The standard InChI is InChI=1S/C25H20FN5O3/c1-33-24-15(26)5-2-6-17(24)29-23-19-20-13(12-28-25(19)32)4-3-11-34-18-8-7-16-21(30-18)14(9-10-27-16)22(23)31-20/h2-10,13,29,31H,11-12H2,1H3,(H,28,32)/b4-3+. The third kappa shape index (κ3) is 3.16. The molecule has 6 rings (SSSR count). The molecular weight excluding hydrogens is 437 g/mol. The summed E-state index contributed by atoms with van der Waals surface area (Å²) in [4.78, 5) is 25.7. The second kappa shape index (κ2) is 7.87. The number of halogens is 1. The molecule has 0 radical (unpaired) electrons. The van der Waals surface area contributed by atoms with Crippen LogP contribution in [-0.4, -0.2) is 41.1 Å². The molecule has 0 aliphatic carbocycles. The van der Waals surface area contributed by atoms with Crippen LogP contribution in [0.15, 0.2) is 54.7 Å². The number of benzene rings is 1. The second-order valence-corrected chi connectivity index (χ2v) is 8.04. The average Bonchev–Trinajstić information content (AvgIpc) is 3.22. The molecule has 0 saturated heterocycles. The highest BCUT2D eigenvalue weighted by molar-refractivity contribution is 6.08. The number of carbonyl (C=O) groups is 1. The van der Waals surface area contributed by atoms with Crippen LogP contribution < -0.4 is 20.1 Å². The molecule has 3 aromatic heterocycles. The summed E-state index contributed by atoms with van der Waals surface area (Å²) in [5, 5.41) is 6.23. The first-order valence-corrected chi connectivity index (χ1v) is 10.8. The van der Waals surface area contributed by atoms with Crippen LogP contribution in [0.25, 0.3) is 22.3 Å². The normalized spacial score (nSPS) is 17.4. The molecule has 4 bridgehead atoms. The van der Waals surface area contributed by atoms with E-state index in [1.54, 1.807) is 24.4 Å². The monoisotopic (exact) mass is 457 g/mol. The Morgan fingerprint density at radius 2 is 2.15 bits per heavy atom. The van der Waals surface area contributed by atoms with Crippen LogP contribution in [0, 0.1) is 5.82 Å². The van der Waals surface area contributed by atoms with Gasteiger partial charge < -0.3 is 25.1 Å². The Morgan fingerprint density at radius 3 is 3.03 bits per heavy atom. The van der Waals surface area contributed by atoms with Gasteiger partial charge >= 0.3 is 0 Å². The van der Waals surface area contributed by atoms with Crippen LogP contribution >= 0.6 is 0 Å². The number of para-hydroxylation sites is 1. The number of carbonyl (C=O) groups excluding carboxylic acids is 1. The van der Waals surface area contributed by atoms with Crippen molar-refractivity contribution >= 4 is 28.3 Å². The molecule has 0 spiro atoms. The smallest absolute Gasteiger partial charge is 0.255 e. The Hall–Kier alpha value is -4.40. The zero-order chi connectivity index (χ0) is 23.2. The van der Waals surface area contributed by atoms with E-state index in [9.17, 15) is 9.18 Å². The van der Waals surface area contributed by atoms with Crippen molar-refractivity contribution in [2.24, 2.45) is 0 Å². The number of pyridine rings is 2. The minimum atomic E-state index is -0.507. The van der Waals surface area contributed by atoms with Gasteiger partial charge in [0.1, 0.15) is 12.1 Å². The van der Waals surface area contributed by atoms with E-state index in [1.807, 2.05) is 24.3 Å². The summed E-state index contributed by atoms with van der Waals surface area (Å²) in [6, 6.07) is 10.1. The lowest BCUT2D eigenvalue weighted by atomic mass is 9.95. The summed E-state index contributed by atoms with van der Waals surface area (Å²) in [5.74, 6) is -0.295. The molecule has 1 amide bonds. The number of anilines is 2. The zero-order valence-electron chi connectivity index (χ0n) is 18.2. The van der Waals surface area contributed by atoms with E-state index in [0.717, 1.165) is 11.3 Å². The molecule has 4 aromatic rings. The van der Waals surface area contributed by atoms with Crippen LogP contribution in [0.2, 0.25) is 0 Å². The number of rotatable bonds is 3. The van der Waals surface area contributed by atoms with Gasteiger partial charge in [-0.15, -0.1) is 0 Å². The number of amides is 1. The number of hydrogen-bond donors (Lipinski definition) is 3. The highest BCUT2D eigenvalue weighted by Gasteiger charge is 2.33. The Labute approximate surface area is 193 Å². The summed E-state index contributed by atoms with van der Waals surface area (Å²) >= 11 is 0. The van der Waals surface area contributed by atoms with Crippen molar-refractivity contribution < 1.29 is 18.7 Å². The number of aromatic nitrogens is 3. The summed E-state index contributed by atoms with van der Waals surface area (Å²) in [6.45, 7) is 0.785. The molecule has 5 heterocycles. The van der Waals surface area contributed by atoms with Crippen LogP contribution in [0.3, 0.4) is 0 Å². The van der Waals surface area contributed by atoms with Crippen molar-refractivity contribution in [3.05, 3.63) is 71.8 Å². The first-order chi connectivity index (χ1) is 16.6. The molecule has 0 saturated carbocycles. The van der Waals surface area contributed by atoms with Gasteiger partial charge in [-0.3, -0.25) is 9.78 Å². The number of nitrogens with zero attached hydrogens (tertiary/aromatic N) is 2. The summed E-state index contributed by atoms with van der Waals surface area (Å²) in [5.41, 5.74) is 4.81. The van der Waals surface area contributed by atoms with Gasteiger partial charge in [0.25, 0.3) is 5.91 Å². The molecular formula is C25H20FN5O3. The molecule has 170 valence electrons. The molecule has 1 unspecified atom stereocenters. The van der Waals surface area contributed by atoms with E-state index in [2.05, 4.69) is 25.6 Å². The molecule has 3 N–H and O–H groups in total. The van der Waals surface area contributed by atoms with Crippen molar-refractivity contribution in [3.8, 4) is 22.9 Å². The van der Waals surface area contributed by atoms with E-state index in [1.165, 1.54) is 13.2 Å². The number of fused-ring (bicyclic) bond motifs is 3. The Morgan fingerprint density at radius 1 is 1.24 bits per heavy atom. The van der Waals surface area contributed by atoms with E-state index < -0.39 is 5.82 Å². The van der Waals surface area contributed by atoms with Crippen molar-refractivity contribution in [1.82, 2.24) is 20.3 Å². The Kier molecular flexibility index (Phi) is 4.68. The van der Waals surface area contributed by atoms with Crippen molar-refractivity contribution in [1.29, 1.82) is 0 Å². The van der Waals surface area contributed by atoms with Crippen molar-refractivity contribution in [3.63, 3.8) is 0 Å². The number of hydrogen-bond acceptors (Lipinski definition) is 6. The van der Waals surface area contributed by atoms with Gasteiger partial charge in [-0.25, -0.2) is 9.37 Å². The highest BCUT2D eigenvalue weighted by atomic mass is 19.1.